The van der Waals surface area contributed by atoms with Gasteiger partial charge in [-0.05, 0) is 91.4 Å². The molecule has 0 spiro atoms. The van der Waals surface area contributed by atoms with Crippen molar-refractivity contribution < 1.29 is 4.74 Å². The molecule has 1 fully saturated rings. The summed E-state index contributed by atoms with van der Waals surface area (Å²) in [4.78, 5) is 6.80. The number of benzene rings is 2. The fourth-order valence-electron chi connectivity index (χ4n) is 4.33. The smallest absolute Gasteiger partial charge is 0.174 e. The Morgan fingerprint density at radius 3 is 2.48 bits per heavy atom. The Balaban J connectivity index is 1.65. The molecule has 1 saturated heterocycles. The van der Waals surface area contributed by atoms with Gasteiger partial charge in [-0.25, -0.2) is 0 Å². The number of thiocarbonyl (C=S) groups is 1. The molecule has 5 nitrogen and oxygen atoms in total. The molecular formula is C26H23ClN4OS. The molecule has 2 aromatic carbocycles. The van der Waals surface area contributed by atoms with Crippen LogP contribution in [0.4, 0.5) is 5.69 Å². The van der Waals surface area contributed by atoms with Gasteiger partial charge in [0.25, 0.3) is 0 Å². The van der Waals surface area contributed by atoms with E-state index in [-0.39, 0.29) is 12.1 Å². The monoisotopic (exact) mass is 474 g/mol. The van der Waals surface area contributed by atoms with Crippen molar-refractivity contribution in [3.05, 3.63) is 107 Å². The second kappa shape index (κ2) is 8.89. The Bertz CT molecular complexity index is 1290. The minimum Gasteiger partial charge on any atom is -0.497 e. The van der Waals surface area contributed by atoms with Crippen LogP contribution in [0.25, 0.3) is 5.69 Å². The number of hydrogen-bond acceptors (Lipinski definition) is 3. The van der Waals surface area contributed by atoms with Gasteiger partial charge in [0.15, 0.2) is 5.11 Å². The quantitative estimate of drug-likeness (QED) is 0.358. The summed E-state index contributed by atoms with van der Waals surface area (Å²) >= 11 is 12.1. The molecule has 5 rings (SSSR count). The summed E-state index contributed by atoms with van der Waals surface area (Å²) < 4.78 is 7.54. The fraction of sp³-hybridized carbons (Fsp3) is 0.154. The van der Waals surface area contributed by atoms with E-state index in [0.717, 1.165) is 39.1 Å². The van der Waals surface area contributed by atoms with Gasteiger partial charge >= 0.3 is 0 Å². The van der Waals surface area contributed by atoms with Crippen LogP contribution in [-0.4, -0.2) is 21.8 Å². The van der Waals surface area contributed by atoms with Crippen LogP contribution in [0, 0.1) is 6.92 Å². The second-order valence-corrected chi connectivity index (χ2v) is 8.73. The van der Waals surface area contributed by atoms with Gasteiger partial charge in [0.1, 0.15) is 11.8 Å². The van der Waals surface area contributed by atoms with Crippen LogP contribution in [0.3, 0.4) is 0 Å². The molecule has 0 saturated carbocycles. The molecule has 0 radical (unpaired) electrons. The van der Waals surface area contributed by atoms with Crippen LogP contribution in [0.1, 0.15) is 29.0 Å². The lowest BCUT2D eigenvalue weighted by atomic mass is 10.0. The Labute approximate surface area is 203 Å². The molecule has 1 N–H and O–H groups in total. The van der Waals surface area contributed by atoms with Crippen molar-refractivity contribution in [2.24, 2.45) is 0 Å². The third kappa shape index (κ3) is 3.96. The molecule has 3 heterocycles. The summed E-state index contributed by atoms with van der Waals surface area (Å²) in [6.07, 6.45) is 3.88. The SMILES string of the molecule is COc1ccc(N2C(=S)N[C@H](c3ccccn3)[C@@H]2c2cccn2-c2ccc(Cl)c(C)c2)cc1. The van der Waals surface area contributed by atoms with Gasteiger partial charge in [0, 0.05) is 34.5 Å². The van der Waals surface area contributed by atoms with E-state index >= 15 is 0 Å². The van der Waals surface area contributed by atoms with Crippen molar-refractivity contribution in [1.29, 1.82) is 0 Å². The molecule has 7 heteroatoms. The molecule has 0 unspecified atom stereocenters. The van der Waals surface area contributed by atoms with Crippen molar-refractivity contribution in [3.8, 4) is 11.4 Å². The minimum absolute atomic E-state index is 0.119. The normalized spacial score (nSPS) is 17.8. The van der Waals surface area contributed by atoms with Crippen LogP contribution < -0.4 is 15.0 Å². The van der Waals surface area contributed by atoms with E-state index in [1.165, 1.54) is 0 Å². The Kier molecular flexibility index (Phi) is 5.79. The van der Waals surface area contributed by atoms with Gasteiger partial charge in [0.05, 0.1) is 18.8 Å². The maximum absolute atomic E-state index is 6.30. The predicted octanol–water partition coefficient (Wildman–Crippen LogP) is 6.02. The number of halogens is 1. The number of rotatable bonds is 5. The third-order valence-corrected chi connectivity index (χ3v) is 6.69. The summed E-state index contributed by atoms with van der Waals surface area (Å²) in [5.41, 5.74) is 5.08. The van der Waals surface area contributed by atoms with E-state index in [4.69, 9.17) is 28.6 Å². The Morgan fingerprint density at radius 1 is 1.00 bits per heavy atom. The van der Waals surface area contributed by atoms with E-state index in [0.29, 0.717) is 5.11 Å². The molecule has 4 aromatic rings. The van der Waals surface area contributed by atoms with Crippen molar-refractivity contribution in [1.82, 2.24) is 14.9 Å². The molecule has 1 aliphatic rings. The maximum atomic E-state index is 6.30. The number of nitrogens with one attached hydrogen (secondary N) is 1. The summed E-state index contributed by atoms with van der Waals surface area (Å²) in [6.45, 7) is 2.02. The number of aryl methyl sites for hydroxylation is 1. The predicted molar refractivity (Wildman–Crippen MR) is 136 cm³/mol. The number of nitrogens with zero attached hydrogens (tertiary/aromatic N) is 3. The summed E-state index contributed by atoms with van der Waals surface area (Å²) in [7, 11) is 1.66. The molecule has 0 aliphatic carbocycles. The molecule has 2 aromatic heterocycles. The van der Waals surface area contributed by atoms with E-state index in [9.17, 15) is 0 Å². The van der Waals surface area contributed by atoms with Crippen LogP contribution in [-0.2, 0) is 0 Å². The first-order valence-corrected chi connectivity index (χ1v) is 11.4. The van der Waals surface area contributed by atoms with Crippen LogP contribution in [0.2, 0.25) is 5.02 Å². The lowest BCUT2D eigenvalue weighted by Crippen LogP contribution is -2.30. The van der Waals surface area contributed by atoms with Crippen LogP contribution >= 0.6 is 23.8 Å². The fourth-order valence-corrected chi connectivity index (χ4v) is 4.79. The topological polar surface area (TPSA) is 42.3 Å². The molecule has 0 bridgehead atoms. The van der Waals surface area contributed by atoms with E-state index < -0.39 is 0 Å². The van der Waals surface area contributed by atoms with E-state index in [2.05, 4.69) is 44.2 Å². The van der Waals surface area contributed by atoms with Gasteiger partial charge in [0.2, 0.25) is 0 Å². The molecule has 166 valence electrons. The molecule has 2 atom stereocenters. The number of ether oxygens (including phenoxy) is 1. The zero-order valence-electron chi connectivity index (χ0n) is 18.3. The summed E-state index contributed by atoms with van der Waals surface area (Å²) in [6, 6.07) is 23.9. The number of hydrogen-bond donors (Lipinski definition) is 1. The van der Waals surface area contributed by atoms with Crippen molar-refractivity contribution in [3.63, 3.8) is 0 Å². The Morgan fingerprint density at radius 2 is 1.79 bits per heavy atom. The first-order valence-electron chi connectivity index (χ1n) is 10.7. The number of methoxy groups -OCH3 is 1. The molecule has 33 heavy (non-hydrogen) atoms. The van der Waals surface area contributed by atoms with Crippen LogP contribution in [0.5, 0.6) is 5.75 Å². The highest BCUT2D eigenvalue weighted by atomic mass is 35.5. The largest absolute Gasteiger partial charge is 0.497 e. The van der Waals surface area contributed by atoms with Gasteiger partial charge in [-0.2, -0.15) is 0 Å². The van der Waals surface area contributed by atoms with E-state index in [1.807, 2.05) is 67.7 Å². The van der Waals surface area contributed by atoms with Crippen molar-refractivity contribution >= 4 is 34.6 Å². The first-order chi connectivity index (χ1) is 16.1. The molecular weight excluding hydrogens is 452 g/mol. The summed E-state index contributed by atoms with van der Waals surface area (Å²) in [5, 5.41) is 4.92. The van der Waals surface area contributed by atoms with Gasteiger partial charge in [-0.15, -0.1) is 0 Å². The lowest BCUT2D eigenvalue weighted by molar-refractivity contribution is 0.415. The second-order valence-electron chi connectivity index (χ2n) is 7.93. The van der Waals surface area contributed by atoms with Crippen LogP contribution in [0.15, 0.2) is 85.2 Å². The molecule has 0 amide bonds. The number of aromatic nitrogens is 2. The Hall–Kier alpha value is -3.35. The summed E-state index contributed by atoms with van der Waals surface area (Å²) in [5.74, 6) is 0.801. The van der Waals surface area contributed by atoms with Crippen molar-refractivity contribution in [2.45, 2.75) is 19.0 Å². The standard InChI is InChI=1S/C26H23ClN4OS/c1-17-16-19(10-13-21(17)27)30-15-5-7-23(30)25-24(22-6-3-4-14-28-22)29-26(33)31(25)18-8-11-20(32-2)12-9-18/h3-16,24-25H,1-2H3,(H,29,33)/t24-,25+/m1/s1. The minimum atomic E-state index is -0.122. The average molecular weight is 475 g/mol. The van der Waals surface area contributed by atoms with Crippen molar-refractivity contribution in [2.75, 3.05) is 12.0 Å². The van der Waals surface area contributed by atoms with Gasteiger partial charge < -0.3 is 19.5 Å². The third-order valence-electron chi connectivity index (χ3n) is 5.95. The van der Waals surface area contributed by atoms with Gasteiger partial charge in [-0.3, -0.25) is 4.98 Å². The zero-order valence-corrected chi connectivity index (χ0v) is 19.8. The highest BCUT2D eigenvalue weighted by Gasteiger charge is 2.42. The first kappa shape index (κ1) is 21.5. The zero-order chi connectivity index (χ0) is 22.9. The highest BCUT2D eigenvalue weighted by molar-refractivity contribution is 7.80. The van der Waals surface area contributed by atoms with Gasteiger partial charge in [-0.1, -0.05) is 17.7 Å². The van der Waals surface area contributed by atoms with E-state index in [1.54, 1.807) is 7.11 Å². The number of pyridine rings is 1. The lowest BCUT2D eigenvalue weighted by Gasteiger charge is -2.29. The number of anilines is 1. The highest BCUT2D eigenvalue weighted by Crippen LogP contribution is 2.42. The molecule has 1 aliphatic heterocycles. The average Bonchev–Trinajstić information content (AvgIpc) is 3.46. The maximum Gasteiger partial charge on any atom is 0.174 e.